The second-order valence-electron chi connectivity index (χ2n) is 9.60. The van der Waals surface area contributed by atoms with E-state index in [0.717, 1.165) is 58.1 Å². The molecular formula is C25H40N6O. The van der Waals surface area contributed by atoms with Crippen LogP contribution < -0.4 is 11.1 Å². The summed E-state index contributed by atoms with van der Waals surface area (Å²) in [7, 11) is 0. The number of nitrogens with one attached hydrogen (secondary N) is 1. The molecule has 1 aromatic carbocycles. The molecule has 2 atom stereocenters. The minimum absolute atomic E-state index is 0.0101. The van der Waals surface area contributed by atoms with Gasteiger partial charge in [0.05, 0.1) is 12.5 Å². The van der Waals surface area contributed by atoms with Gasteiger partial charge < -0.3 is 16.0 Å². The highest BCUT2D eigenvalue weighted by Gasteiger charge is 2.30. The van der Waals surface area contributed by atoms with E-state index in [9.17, 15) is 4.79 Å². The van der Waals surface area contributed by atoms with Crippen LogP contribution in [0.25, 0.3) is 0 Å². The zero-order chi connectivity index (χ0) is 22.3. The predicted molar refractivity (Wildman–Crippen MR) is 129 cm³/mol. The number of guanidine groups is 1. The van der Waals surface area contributed by atoms with Crippen molar-refractivity contribution in [3.8, 4) is 0 Å². The van der Waals surface area contributed by atoms with Crippen LogP contribution in [0.4, 0.5) is 0 Å². The average Bonchev–Trinajstić information content (AvgIpc) is 3.49. The van der Waals surface area contributed by atoms with Gasteiger partial charge in [0.2, 0.25) is 5.91 Å². The molecule has 4 rings (SSSR count). The molecule has 2 unspecified atom stereocenters. The van der Waals surface area contributed by atoms with E-state index in [1.165, 1.54) is 43.5 Å². The number of aliphatic imine (C=N–C) groups is 1. The number of likely N-dealkylation sites (tertiary alicyclic amines) is 3. The summed E-state index contributed by atoms with van der Waals surface area (Å²) in [4.78, 5) is 24.0. The zero-order valence-corrected chi connectivity index (χ0v) is 19.6. The Morgan fingerprint density at radius 3 is 2.69 bits per heavy atom. The molecule has 0 bridgehead atoms. The van der Waals surface area contributed by atoms with Crippen LogP contribution in [0.2, 0.25) is 0 Å². The standard InChI is InChI=1S/C25H40N6O/c1-2-27-25(31-14-10-23(19-31)30-12-3-4-13-30)28-16-20-7-5-8-21(15-20)17-29-11-6-9-22(18-29)24(26)32/h5,7-8,15,22-23H,2-4,6,9-14,16-19H2,1H3,(H2,26,32)(H,27,28). The molecule has 0 aromatic heterocycles. The van der Waals surface area contributed by atoms with Crippen LogP contribution in [0.15, 0.2) is 29.3 Å². The van der Waals surface area contributed by atoms with Gasteiger partial charge in [-0.15, -0.1) is 0 Å². The van der Waals surface area contributed by atoms with Crippen LogP contribution >= 0.6 is 0 Å². The number of carbonyl (C=O) groups is 1. The fourth-order valence-electron chi connectivity index (χ4n) is 5.45. The molecule has 0 aliphatic carbocycles. The van der Waals surface area contributed by atoms with Gasteiger partial charge in [-0.2, -0.15) is 0 Å². The molecule has 7 nitrogen and oxygen atoms in total. The van der Waals surface area contributed by atoms with E-state index < -0.39 is 0 Å². The van der Waals surface area contributed by atoms with E-state index in [0.29, 0.717) is 12.6 Å². The Bertz CT molecular complexity index is 790. The zero-order valence-electron chi connectivity index (χ0n) is 19.6. The molecule has 3 fully saturated rings. The van der Waals surface area contributed by atoms with Crippen molar-refractivity contribution in [1.29, 1.82) is 0 Å². The normalized spacial score (nSPS) is 25.4. The second kappa shape index (κ2) is 11.1. The van der Waals surface area contributed by atoms with E-state index in [2.05, 4.69) is 51.2 Å². The number of nitrogens with two attached hydrogens (primary N) is 1. The third-order valence-electron chi connectivity index (χ3n) is 7.17. The maximum atomic E-state index is 11.6. The monoisotopic (exact) mass is 440 g/mol. The lowest BCUT2D eigenvalue weighted by Crippen LogP contribution is -2.42. The largest absolute Gasteiger partial charge is 0.369 e. The van der Waals surface area contributed by atoms with Gasteiger partial charge in [-0.1, -0.05) is 24.3 Å². The Morgan fingerprint density at radius 1 is 1.09 bits per heavy atom. The fraction of sp³-hybridized carbons (Fsp3) is 0.680. The highest BCUT2D eigenvalue weighted by molar-refractivity contribution is 5.80. The number of primary amides is 1. The van der Waals surface area contributed by atoms with Gasteiger partial charge in [0, 0.05) is 38.8 Å². The van der Waals surface area contributed by atoms with Gasteiger partial charge in [0.1, 0.15) is 0 Å². The van der Waals surface area contributed by atoms with Crippen molar-refractivity contribution in [3.63, 3.8) is 0 Å². The smallest absolute Gasteiger partial charge is 0.221 e. The van der Waals surface area contributed by atoms with Gasteiger partial charge in [-0.25, -0.2) is 4.99 Å². The Morgan fingerprint density at radius 2 is 1.91 bits per heavy atom. The minimum atomic E-state index is -0.164. The molecule has 0 saturated carbocycles. The van der Waals surface area contributed by atoms with Crippen LogP contribution in [0.5, 0.6) is 0 Å². The first-order chi connectivity index (χ1) is 15.6. The molecule has 3 saturated heterocycles. The van der Waals surface area contributed by atoms with E-state index in [-0.39, 0.29) is 11.8 Å². The predicted octanol–water partition coefficient (Wildman–Crippen LogP) is 2.02. The van der Waals surface area contributed by atoms with E-state index >= 15 is 0 Å². The minimum Gasteiger partial charge on any atom is -0.369 e. The van der Waals surface area contributed by atoms with Gasteiger partial charge >= 0.3 is 0 Å². The molecule has 32 heavy (non-hydrogen) atoms. The highest BCUT2D eigenvalue weighted by atomic mass is 16.1. The third-order valence-corrected chi connectivity index (χ3v) is 7.17. The summed E-state index contributed by atoms with van der Waals surface area (Å²) in [6.07, 6.45) is 5.89. The van der Waals surface area contributed by atoms with Crippen molar-refractivity contribution >= 4 is 11.9 Å². The first-order valence-corrected chi connectivity index (χ1v) is 12.5. The summed E-state index contributed by atoms with van der Waals surface area (Å²) in [6, 6.07) is 9.40. The third kappa shape index (κ3) is 6.01. The average molecular weight is 441 g/mol. The van der Waals surface area contributed by atoms with Crippen molar-refractivity contribution in [2.24, 2.45) is 16.6 Å². The number of carbonyl (C=O) groups excluding carboxylic acids is 1. The number of hydrogen-bond acceptors (Lipinski definition) is 4. The van der Waals surface area contributed by atoms with E-state index in [1.54, 1.807) is 0 Å². The molecule has 0 radical (unpaired) electrons. The Balaban J connectivity index is 1.35. The van der Waals surface area contributed by atoms with Crippen molar-refractivity contribution in [2.45, 2.75) is 58.2 Å². The second-order valence-corrected chi connectivity index (χ2v) is 9.60. The summed E-state index contributed by atoms with van der Waals surface area (Å²) < 4.78 is 0. The summed E-state index contributed by atoms with van der Waals surface area (Å²) in [5.74, 6) is 0.867. The molecule has 3 N–H and O–H groups in total. The Kier molecular flexibility index (Phi) is 8.03. The first kappa shape index (κ1) is 23.1. The molecule has 3 heterocycles. The van der Waals surface area contributed by atoms with Crippen molar-refractivity contribution in [3.05, 3.63) is 35.4 Å². The summed E-state index contributed by atoms with van der Waals surface area (Å²) in [5.41, 5.74) is 8.06. The molecule has 1 amide bonds. The maximum absolute atomic E-state index is 11.6. The summed E-state index contributed by atoms with van der Waals surface area (Å²) in [6.45, 7) is 11.1. The molecular weight excluding hydrogens is 400 g/mol. The first-order valence-electron chi connectivity index (χ1n) is 12.5. The number of piperidine rings is 1. The lowest BCUT2D eigenvalue weighted by molar-refractivity contribution is -0.123. The van der Waals surface area contributed by atoms with Gasteiger partial charge in [-0.05, 0) is 69.8 Å². The maximum Gasteiger partial charge on any atom is 0.221 e. The highest BCUT2D eigenvalue weighted by Crippen LogP contribution is 2.21. The van der Waals surface area contributed by atoms with Crippen LogP contribution in [-0.4, -0.2) is 78.4 Å². The number of rotatable bonds is 7. The fourth-order valence-corrected chi connectivity index (χ4v) is 5.45. The van der Waals surface area contributed by atoms with Crippen LogP contribution in [0.1, 0.15) is 50.2 Å². The quantitative estimate of drug-likeness (QED) is 0.501. The van der Waals surface area contributed by atoms with Crippen molar-refractivity contribution in [1.82, 2.24) is 20.0 Å². The Hall–Kier alpha value is -2.12. The van der Waals surface area contributed by atoms with Crippen molar-refractivity contribution in [2.75, 3.05) is 45.8 Å². The molecule has 3 aliphatic rings. The van der Waals surface area contributed by atoms with Gasteiger partial charge in [0.25, 0.3) is 0 Å². The van der Waals surface area contributed by atoms with Gasteiger partial charge in [-0.3, -0.25) is 14.6 Å². The van der Waals surface area contributed by atoms with E-state index in [4.69, 9.17) is 10.7 Å². The molecule has 1 aromatic rings. The van der Waals surface area contributed by atoms with Gasteiger partial charge in [0.15, 0.2) is 5.96 Å². The van der Waals surface area contributed by atoms with Crippen molar-refractivity contribution < 1.29 is 4.79 Å². The molecule has 3 aliphatic heterocycles. The number of benzene rings is 1. The number of amides is 1. The molecule has 176 valence electrons. The number of nitrogens with zero attached hydrogens (tertiary/aromatic N) is 4. The topological polar surface area (TPSA) is 77.2 Å². The lowest BCUT2D eigenvalue weighted by atomic mass is 9.97. The molecule has 7 heteroatoms. The summed E-state index contributed by atoms with van der Waals surface area (Å²) in [5, 5.41) is 3.51. The SMILES string of the molecule is CCNC(=NCc1cccc(CN2CCCC(C(N)=O)C2)c1)N1CCC(N2CCCC2)C1. The van der Waals surface area contributed by atoms with Crippen LogP contribution in [0.3, 0.4) is 0 Å². The lowest BCUT2D eigenvalue weighted by Gasteiger charge is -2.31. The number of hydrogen-bond donors (Lipinski definition) is 2. The van der Waals surface area contributed by atoms with Crippen LogP contribution in [0, 0.1) is 5.92 Å². The Labute approximate surface area is 193 Å². The molecule has 0 spiro atoms. The van der Waals surface area contributed by atoms with Crippen LogP contribution in [-0.2, 0) is 17.9 Å². The summed E-state index contributed by atoms with van der Waals surface area (Å²) >= 11 is 0. The van der Waals surface area contributed by atoms with E-state index in [1.807, 2.05) is 0 Å².